The molecule has 1 N–H and O–H groups in total. The number of hydrogen-bond acceptors (Lipinski definition) is 7. The van der Waals surface area contributed by atoms with Crippen LogP contribution in [0.15, 0.2) is 47.2 Å². The molecule has 1 fully saturated rings. The first kappa shape index (κ1) is 28.3. The Hall–Kier alpha value is -3.71. The minimum absolute atomic E-state index is 0.376. The third kappa shape index (κ3) is 7.03. The van der Waals surface area contributed by atoms with Gasteiger partial charge in [-0.15, -0.1) is 5.10 Å². The van der Waals surface area contributed by atoms with E-state index in [0.717, 1.165) is 35.5 Å². The summed E-state index contributed by atoms with van der Waals surface area (Å²) in [5.41, 5.74) is 4.11. The molecule has 1 atom stereocenters. The van der Waals surface area contributed by atoms with E-state index < -0.39 is 28.5 Å². The lowest BCUT2D eigenvalue weighted by Gasteiger charge is -2.14. The van der Waals surface area contributed by atoms with Gasteiger partial charge in [-0.05, 0) is 82.2 Å². The van der Waals surface area contributed by atoms with E-state index in [1.807, 2.05) is 17.7 Å². The number of hydrogen-bond donors (Lipinski definition) is 1. The summed E-state index contributed by atoms with van der Waals surface area (Å²) < 4.78 is 35.7. The van der Waals surface area contributed by atoms with Crippen molar-refractivity contribution in [1.82, 2.24) is 24.5 Å². The SMILES string of the molecule is COc1cc(Cc2cn(CC3CC3)nc2C)n(-c2ccc(F)cc2[C@@H](C)O)n1.O=[N+]([O-])c1ncc(Br)cc1F. The molecule has 1 saturated carbocycles. The highest BCUT2D eigenvalue weighted by Gasteiger charge is 2.23. The molecular weight excluding hydrogens is 578 g/mol. The number of aryl methyl sites for hydroxylation is 1. The lowest BCUT2D eigenvalue weighted by molar-refractivity contribution is -0.392. The van der Waals surface area contributed by atoms with Crippen molar-refractivity contribution in [2.24, 2.45) is 5.92 Å². The fourth-order valence-corrected chi connectivity index (χ4v) is 4.31. The number of aliphatic hydroxyl groups excluding tert-OH is 1. The van der Waals surface area contributed by atoms with Crippen LogP contribution in [-0.4, -0.2) is 41.7 Å². The molecule has 1 aromatic carbocycles. The minimum atomic E-state index is -0.940. The molecule has 4 aromatic rings. The van der Waals surface area contributed by atoms with Crippen LogP contribution in [-0.2, 0) is 13.0 Å². The number of pyridine rings is 1. The van der Waals surface area contributed by atoms with Crippen LogP contribution in [0.2, 0.25) is 0 Å². The molecule has 0 bridgehead atoms. The van der Waals surface area contributed by atoms with Gasteiger partial charge in [0.15, 0.2) is 6.20 Å². The summed E-state index contributed by atoms with van der Waals surface area (Å²) in [4.78, 5) is 12.4. The van der Waals surface area contributed by atoms with E-state index in [0.29, 0.717) is 28.0 Å². The second-order valence-electron chi connectivity index (χ2n) is 9.27. The summed E-state index contributed by atoms with van der Waals surface area (Å²) in [5.74, 6) is -0.862. The average molecular weight is 605 g/mol. The monoisotopic (exact) mass is 604 g/mol. The lowest BCUT2D eigenvalue weighted by atomic mass is 10.1. The van der Waals surface area contributed by atoms with Crippen LogP contribution >= 0.6 is 15.9 Å². The molecule has 0 radical (unpaired) electrons. The molecule has 0 unspecified atom stereocenters. The first-order valence-electron chi connectivity index (χ1n) is 12.1. The van der Waals surface area contributed by atoms with Crippen molar-refractivity contribution in [1.29, 1.82) is 0 Å². The highest BCUT2D eigenvalue weighted by molar-refractivity contribution is 9.10. The normalized spacial score (nSPS) is 13.5. The number of rotatable bonds is 8. The summed E-state index contributed by atoms with van der Waals surface area (Å²) in [6.45, 7) is 4.59. The molecule has 0 spiro atoms. The molecular formula is C26H27BrF2N6O4. The molecule has 39 heavy (non-hydrogen) atoms. The van der Waals surface area contributed by atoms with Crippen LogP contribution in [0.3, 0.4) is 0 Å². The van der Waals surface area contributed by atoms with Crippen LogP contribution in [0.4, 0.5) is 14.6 Å². The van der Waals surface area contributed by atoms with Crippen molar-refractivity contribution in [2.75, 3.05) is 7.11 Å². The molecule has 0 aliphatic heterocycles. The highest BCUT2D eigenvalue weighted by atomic mass is 79.9. The Morgan fingerprint density at radius 1 is 1.26 bits per heavy atom. The van der Waals surface area contributed by atoms with Gasteiger partial charge in [0.25, 0.3) is 0 Å². The number of nitrogens with zero attached hydrogens (tertiary/aromatic N) is 6. The van der Waals surface area contributed by atoms with Gasteiger partial charge in [-0.1, -0.05) is 0 Å². The van der Waals surface area contributed by atoms with Crippen molar-refractivity contribution in [3.05, 3.63) is 91.5 Å². The van der Waals surface area contributed by atoms with E-state index in [1.165, 1.54) is 31.2 Å². The van der Waals surface area contributed by atoms with Crippen LogP contribution < -0.4 is 4.74 Å². The zero-order valence-corrected chi connectivity index (χ0v) is 23.1. The Bertz CT molecular complexity index is 1490. The molecule has 3 heterocycles. The summed E-state index contributed by atoms with van der Waals surface area (Å²) in [5, 5.41) is 29.3. The fourth-order valence-electron chi connectivity index (χ4n) is 4.01. The molecule has 3 aromatic heterocycles. The van der Waals surface area contributed by atoms with Gasteiger partial charge in [0.1, 0.15) is 5.82 Å². The van der Waals surface area contributed by atoms with Crippen LogP contribution in [0.5, 0.6) is 5.88 Å². The van der Waals surface area contributed by atoms with Crippen molar-refractivity contribution >= 4 is 21.7 Å². The van der Waals surface area contributed by atoms with Crippen LogP contribution in [0.1, 0.15) is 48.4 Å². The second kappa shape index (κ2) is 12.0. The second-order valence-corrected chi connectivity index (χ2v) is 10.2. The third-order valence-electron chi connectivity index (χ3n) is 6.16. The van der Waals surface area contributed by atoms with Gasteiger partial charge in [-0.3, -0.25) is 4.68 Å². The van der Waals surface area contributed by atoms with Crippen LogP contribution in [0, 0.1) is 34.6 Å². The maximum absolute atomic E-state index is 13.7. The Labute approximate surface area is 231 Å². The smallest absolute Gasteiger partial charge is 0.399 e. The number of benzene rings is 1. The summed E-state index contributed by atoms with van der Waals surface area (Å²) in [7, 11) is 1.57. The Kier molecular flexibility index (Phi) is 8.70. The predicted molar refractivity (Wildman–Crippen MR) is 142 cm³/mol. The fraction of sp³-hybridized carbons (Fsp3) is 0.346. The lowest BCUT2D eigenvalue weighted by Crippen LogP contribution is -2.08. The van der Waals surface area contributed by atoms with Crippen molar-refractivity contribution in [3.8, 4) is 11.6 Å². The highest BCUT2D eigenvalue weighted by Crippen LogP contribution is 2.31. The number of aromatic nitrogens is 5. The summed E-state index contributed by atoms with van der Waals surface area (Å²) in [6.07, 6.45) is 5.62. The van der Waals surface area contributed by atoms with Gasteiger partial charge in [0, 0.05) is 36.9 Å². The first-order valence-corrected chi connectivity index (χ1v) is 12.9. The molecule has 5 rings (SSSR count). The Balaban J connectivity index is 0.000000270. The van der Waals surface area contributed by atoms with E-state index in [1.54, 1.807) is 24.8 Å². The van der Waals surface area contributed by atoms with Gasteiger partial charge in [-0.25, -0.2) is 9.07 Å². The standard InChI is InChI=1S/C21H25FN4O2.C5H2BrFN2O2/c1-13-16(12-25(23-13)11-15-4-5-15)8-18-10-21(28-3)24-26(18)20-7-6-17(22)9-19(20)14(2)27;6-3-1-4(7)5(8-2-3)9(10)11/h6-7,9-10,12,14-15,27H,4-5,8,11H2,1-3H3;1-2H/t14-;/m1./s1. The zero-order chi connectivity index (χ0) is 28.3. The number of nitro groups is 1. The van der Waals surface area contributed by atoms with E-state index >= 15 is 0 Å². The van der Waals surface area contributed by atoms with E-state index in [-0.39, 0.29) is 0 Å². The van der Waals surface area contributed by atoms with Gasteiger partial charge < -0.3 is 20.0 Å². The number of halogens is 3. The maximum Gasteiger partial charge on any atom is 0.399 e. The number of ether oxygens (including phenoxy) is 1. The molecule has 1 aliphatic rings. The summed E-state index contributed by atoms with van der Waals surface area (Å²) in [6, 6.07) is 7.21. The number of methoxy groups -OCH3 is 1. The molecule has 1 aliphatic carbocycles. The van der Waals surface area contributed by atoms with Crippen molar-refractivity contribution < 1.29 is 23.5 Å². The van der Waals surface area contributed by atoms with Gasteiger partial charge >= 0.3 is 5.82 Å². The maximum atomic E-state index is 13.7. The van der Waals surface area contributed by atoms with Crippen molar-refractivity contribution in [3.63, 3.8) is 0 Å². The predicted octanol–water partition coefficient (Wildman–Crippen LogP) is 5.47. The Morgan fingerprint density at radius 3 is 2.62 bits per heavy atom. The van der Waals surface area contributed by atoms with Gasteiger partial charge in [0.2, 0.25) is 11.7 Å². The minimum Gasteiger partial charge on any atom is -0.480 e. The molecule has 0 saturated heterocycles. The zero-order valence-electron chi connectivity index (χ0n) is 21.5. The molecule has 10 nitrogen and oxygen atoms in total. The third-order valence-corrected chi connectivity index (χ3v) is 6.59. The van der Waals surface area contributed by atoms with Gasteiger partial charge in [-0.2, -0.15) is 9.49 Å². The number of aliphatic hydroxyl groups is 1. The molecule has 0 amide bonds. The Morgan fingerprint density at radius 2 is 2.00 bits per heavy atom. The van der Waals surface area contributed by atoms with Crippen molar-refractivity contribution in [2.45, 2.75) is 45.8 Å². The van der Waals surface area contributed by atoms with E-state index in [2.05, 4.69) is 37.3 Å². The van der Waals surface area contributed by atoms with E-state index in [4.69, 9.17) is 4.74 Å². The topological polar surface area (TPSA) is 121 Å². The van der Waals surface area contributed by atoms with Gasteiger partial charge in [0.05, 0.1) is 34.8 Å². The average Bonchev–Trinajstić information content (AvgIpc) is 3.49. The molecule has 13 heteroatoms. The van der Waals surface area contributed by atoms with E-state index in [9.17, 15) is 24.0 Å². The first-order chi connectivity index (χ1) is 18.5. The summed E-state index contributed by atoms with van der Waals surface area (Å²) >= 11 is 2.92. The molecule has 206 valence electrons. The quantitative estimate of drug-likeness (QED) is 0.209. The van der Waals surface area contributed by atoms with Crippen LogP contribution in [0.25, 0.3) is 5.69 Å². The largest absolute Gasteiger partial charge is 0.480 e.